The van der Waals surface area contributed by atoms with Gasteiger partial charge in [0, 0.05) is 24.5 Å². The normalized spacial score (nSPS) is 20.5. The topological polar surface area (TPSA) is 28.2 Å². The summed E-state index contributed by atoms with van der Waals surface area (Å²) in [7, 11) is 2.00. The van der Waals surface area contributed by atoms with Gasteiger partial charge < -0.3 is 10.2 Å². The van der Waals surface area contributed by atoms with Crippen molar-refractivity contribution in [2.45, 2.75) is 39.7 Å². The monoisotopic (exact) mass is 253 g/mol. The van der Waals surface area contributed by atoms with Crippen molar-refractivity contribution >= 4 is 16.5 Å². The van der Waals surface area contributed by atoms with Crippen LogP contribution < -0.4 is 10.2 Å². The maximum atomic E-state index is 4.85. The van der Waals surface area contributed by atoms with Crippen molar-refractivity contribution in [3.05, 3.63) is 10.6 Å². The maximum absolute atomic E-state index is 4.85. The number of aromatic nitrogens is 1. The Morgan fingerprint density at radius 3 is 2.82 bits per heavy atom. The number of thiazole rings is 1. The van der Waals surface area contributed by atoms with E-state index in [9.17, 15) is 0 Å². The second-order valence-electron chi connectivity index (χ2n) is 5.33. The fourth-order valence-electron chi connectivity index (χ4n) is 2.33. The fourth-order valence-corrected chi connectivity index (χ4v) is 3.59. The zero-order valence-corrected chi connectivity index (χ0v) is 12.1. The van der Waals surface area contributed by atoms with Crippen molar-refractivity contribution in [2.75, 3.05) is 25.0 Å². The molecule has 3 nitrogen and oxygen atoms in total. The van der Waals surface area contributed by atoms with Gasteiger partial charge >= 0.3 is 0 Å². The molecule has 0 aromatic carbocycles. The number of nitrogens with one attached hydrogen (secondary N) is 1. The van der Waals surface area contributed by atoms with Crippen LogP contribution in [-0.4, -0.2) is 25.1 Å². The molecule has 2 rings (SSSR count). The molecule has 96 valence electrons. The molecule has 2 heterocycles. The summed E-state index contributed by atoms with van der Waals surface area (Å²) in [5.74, 6) is 1.33. The van der Waals surface area contributed by atoms with E-state index in [0.29, 0.717) is 5.92 Å². The number of anilines is 1. The molecule has 1 fully saturated rings. The highest BCUT2D eigenvalue weighted by atomic mass is 32.1. The van der Waals surface area contributed by atoms with Gasteiger partial charge in [0.2, 0.25) is 0 Å². The van der Waals surface area contributed by atoms with Crippen molar-refractivity contribution < 1.29 is 0 Å². The summed E-state index contributed by atoms with van der Waals surface area (Å²) in [4.78, 5) is 8.69. The van der Waals surface area contributed by atoms with Crippen molar-refractivity contribution in [1.29, 1.82) is 0 Å². The lowest BCUT2D eigenvalue weighted by Crippen LogP contribution is -2.18. The minimum atomic E-state index is 0.517. The summed E-state index contributed by atoms with van der Waals surface area (Å²) in [5, 5.41) is 4.47. The fraction of sp³-hybridized carbons (Fsp3) is 0.769. The minimum Gasteiger partial charge on any atom is -0.348 e. The predicted molar refractivity (Wildman–Crippen MR) is 75.0 cm³/mol. The quantitative estimate of drug-likeness (QED) is 0.894. The Balaban J connectivity index is 2.20. The molecule has 1 atom stereocenters. The second-order valence-corrected chi connectivity index (χ2v) is 6.39. The Hall–Kier alpha value is -0.610. The van der Waals surface area contributed by atoms with E-state index in [-0.39, 0.29) is 0 Å². The van der Waals surface area contributed by atoms with Gasteiger partial charge in [-0.3, -0.25) is 0 Å². The average molecular weight is 253 g/mol. The number of hydrogen-bond acceptors (Lipinski definition) is 4. The molecule has 1 unspecified atom stereocenters. The van der Waals surface area contributed by atoms with Gasteiger partial charge in [0.1, 0.15) is 0 Å². The molecule has 0 amide bonds. The van der Waals surface area contributed by atoms with E-state index in [2.05, 4.69) is 31.0 Å². The van der Waals surface area contributed by atoms with Gasteiger partial charge in [0.05, 0.1) is 5.69 Å². The van der Waals surface area contributed by atoms with E-state index < -0.39 is 0 Å². The van der Waals surface area contributed by atoms with Gasteiger partial charge in [0.15, 0.2) is 5.13 Å². The Labute approximate surface area is 108 Å². The smallest absolute Gasteiger partial charge is 0.185 e. The molecule has 1 aliphatic heterocycles. The zero-order chi connectivity index (χ0) is 12.4. The third-order valence-electron chi connectivity index (χ3n) is 3.29. The van der Waals surface area contributed by atoms with Crippen LogP contribution in [0.4, 0.5) is 5.13 Å². The molecular weight excluding hydrogens is 230 g/mol. The lowest BCUT2D eigenvalue weighted by atomic mass is 10.1. The maximum Gasteiger partial charge on any atom is 0.185 e. The molecule has 1 N–H and O–H groups in total. The van der Waals surface area contributed by atoms with Crippen LogP contribution in [-0.2, 0) is 6.54 Å². The first-order valence-electron chi connectivity index (χ1n) is 6.51. The van der Waals surface area contributed by atoms with Crippen LogP contribution in [0.15, 0.2) is 0 Å². The molecule has 1 aromatic heterocycles. The van der Waals surface area contributed by atoms with Crippen LogP contribution in [0.5, 0.6) is 0 Å². The third-order valence-corrected chi connectivity index (χ3v) is 4.43. The van der Waals surface area contributed by atoms with E-state index in [1.165, 1.54) is 35.2 Å². The molecule has 0 aliphatic carbocycles. The van der Waals surface area contributed by atoms with Crippen molar-refractivity contribution in [3.63, 3.8) is 0 Å². The highest BCUT2D eigenvalue weighted by Crippen LogP contribution is 2.33. The van der Waals surface area contributed by atoms with Gasteiger partial charge in [-0.25, -0.2) is 4.98 Å². The predicted octanol–water partition coefficient (Wildman–Crippen LogP) is 2.83. The lowest BCUT2D eigenvalue weighted by Gasteiger charge is -2.13. The largest absolute Gasteiger partial charge is 0.348 e. The Kier molecular flexibility index (Phi) is 4.05. The Morgan fingerprint density at radius 2 is 2.29 bits per heavy atom. The van der Waals surface area contributed by atoms with E-state index in [4.69, 9.17) is 4.98 Å². The van der Waals surface area contributed by atoms with Crippen LogP contribution in [0, 0.1) is 5.92 Å². The second kappa shape index (κ2) is 5.36. The van der Waals surface area contributed by atoms with E-state index in [0.717, 1.165) is 12.5 Å². The van der Waals surface area contributed by atoms with Gasteiger partial charge in [-0.15, -0.1) is 11.3 Å². The minimum absolute atomic E-state index is 0.517. The SMILES string of the molecule is CNCc1sc(N2CCC(C)C2)nc1C(C)C. The summed E-state index contributed by atoms with van der Waals surface area (Å²) in [5.41, 5.74) is 1.28. The van der Waals surface area contributed by atoms with Gasteiger partial charge in [-0.1, -0.05) is 20.8 Å². The average Bonchev–Trinajstić information content (AvgIpc) is 2.85. The summed E-state index contributed by atoms with van der Waals surface area (Å²) in [6, 6.07) is 0. The van der Waals surface area contributed by atoms with E-state index in [1.54, 1.807) is 0 Å². The first-order valence-corrected chi connectivity index (χ1v) is 7.32. The highest BCUT2D eigenvalue weighted by Gasteiger charge is 2.23. The molecule has 0 bridgehead atoms. The molecule has 1 aromatic rings. The zero-order valence-electron chi connectivity index (χ0n) is 11.3. The summed E-state index contributed by atoms with van der Waals surface area (Å²) in [6.07, 6.45) is 1.30. The van der Waals surface area contributed by atoms with Crippen LogP contribution >= 0.6 is 11.3 Å². The molecular formula is C13H23N3S. The Morgan fingerprint density at radius 1 is 1.53 bits per heavy atom. The van der Waals surface area contributed by atoms with Crippen molar-refractivity contribution in [2.24, 2.45) is 5.92 Å². The van der Waals surface area contributed by atoms with Gasteiger partial charge in [0.25, 0.3) is 0 Å². The molecule has 1 saturated heterocycles. The van der Waals surface area contributed by atoms with Crippen LogP contribution in [0.3, 0.4) is 0 Å². The standard InChI is InChI=1S/C13H23N3S/c1-9(2)12-11(7-14-4)17-13(15-12)16-6-5-10(3)8-16/h9-10,14H,5-8H2,1-4H3. The van der Waals surface area contributed by atoms with Gasteiger partial charge in [-0.05, 0) is 25.3 Å². The number of hydrogen-bond donors (Lipinski definition) is 1. The van der Waals surface area contributed by atoms with Crippen molar-refractivity contribution in [3.8, 4) is 0 Å². The molecule has 17 heavy (non-hydrogen) atoms. The van der Waals surface area contributed by atoms with Gasteiger partial charge in [-0.2, -0.15) is 0 Å². The van der Waals surface area contributed by atoms with Crippen LogP contribution in [0.1, 0.15) is 43.7 Å². The summed E-state index contributed by atoms with van der Waals surface area (Å²) < 4.78 is 0. The molecule has 0 saturated carbocycles. The van der Waals surface area contributed by atoms with Crippen molar-refractivity contribution in [1.82, 2.24) is 10.3 Å². The number of rotatable bonds is 4. The first-order chi connectivity index (χ1) is 8.11. The lowest BCUT2D eigenvalue weighted by molar-refractivity contribution is 0.659. The highest BCUT2D eigenvalue weighted by molar-refractivity contribution is 7.15. The molecule has 0 radical (unpaired) electrons. The summed E-state index contributed by atoms with van der Waals surface area (Å²) in [6.45, 7) is 10.1. The first kappa shape index (κ1) is 12.8. The molecule has 4 heteroatoms. The van der Waals surface area contributed by atoms with Crippen LogP contribution in [0.2, 0.25) is 0 Å². The van der Waals surface area contributed by atoms with Crippen LogP contribution in [0.25, 0.3) is 0 Å². The van der Waals surface area contributed by atoms with E-state index in [1.807, 2.05) is 18.4 Å². The molecule has 0 spiro atoms. The number of nitrogens with zero attached hydrogens (tertiary/aromatic N) is 2. The summed E-state index contributed by atoms with van der Waals surface area (Å²) >= 11 is 1.86. The molecule has 1 aliphatic rings. The van der Waals surface area contributed by atoms with E-state index >= 15 is 0 Å². The third kappa shape index (κ3) is 2.80. The Bertz CT molecular complexity index is 373.